The maximum Gasteiger partial charge on any atom is 0.348 e. The van der Waals surface area contributed by atoms with Gasteiger partial charge in [-0.05, 0) is 86.8 Å². The molecule has 4 rings (SSSR count). The summed E-state index contributed by atoms with van der Waals surface area (Å²) in [6.07, 6.45) is 5.32. The molecular formula is C26H29N3O4S2. The zero-order valence-corrected chi connectivity index (χ0v) is 21.6. The third-order valence-corrected chi connectivity index (χ3v) is 8.28. The van der Waals surface area contributed by atoms with Crippen molar-refractivity contribution in [2.45, 2.75) is 52.5 Å². The van der Waals surface area contributed by atoms with E-state index in [-0.39, 0.29) is 28.7 Å². The van der Waals surface area contributed by atoms with Crippen molar-refractivity contribution in [2.75, 3.05) is 10.2 Å². The third kappa shape index (κ3) is 5.62. The first-order valence-corrected chi connectivity index (χ1v) is 13.4. The number of aromatic carboxylic acids is 1. The number of carbonyl (C=O) groups is 3. The second-order valence-corrected chi connectivity index (χ2v) is 11.2. The van der Waals surface area contributed by atoms with Gasteiger partial charge in [-0.3, -0.25) is 9.59 Å². The molecule has 2 aromatic heterocycles. The highest BCUT2D eigenvalue weighted by molar-refractivity contribution is 7.18. The van der Waals surface area contributed by atoms with E-state index in [9.17, 15) is 19.5 Å². The maximum absolute atomic E-state index is 13.5. The van der Waals surface area contributed by atoms with Gasteiger partial charge < -0.3 is 15.3 Å². The summed E-state index contributed by atoms with van der Waals surface area (Å²) >= 11 is 2.29. The Kier molecular flexibility index (Phi) is 7.66. The van der Waals surface area contributed by atoms with Crippen LogP contribution in [0.15, 0.2) is 42.6 Å². The first-order chi connectivity index (χ1) is 16.7. The minimum Gasteiger partial charge on any atom is -0.477 e. The van der Waals surface area contributed by atoms with Gasteiger partial charge in [0.25, 0.3) is 5.91 Å². The van der Waals surface area contributed by atoms with Crippen LogP contribution in [-0.4, -0.2) is 33.3 Å². The van der Waals surface area contributed by atoms with Crippen molar-refractivity contribution in [3.63, 3.8) is 0 Å². The molecule has 9 heteroatoms. The van der Waals surface area contributed by atoms with Crippen LogP contribution >= 0.6 is 22.9 Å². The molecule has 0 spiro atoms. The number of carboxylic acids is 1. The Morgan fingerprint density at radius 1 is 1.09 bits per heavy atom. The van der Waals surface area contributed by atoms with Gasteiger partial charge in [0.2, 0.25) is 5.91 Å². The molecule has 1 saturated carbocycles. The summed E-state index contributed by atoms with van der Waals surface area (Å²) in [4.78, 5) is 41.0. The summed E-state index contributed by atoms with van der Waals surface area (Å²) < 4.78 is 3.94. The number of carboxylic acid groups (broad SMARTS) is 1. The number of rotatable bonds is 7. The van der Waals surface area contributed by atoms with Crippen molar-refractivity contribution in [1.29, 1.82) is 0 Å². The molecule has 35 heavy (non-hydrogen) atoms. The van der Waals surface area contributed by atoms with Crippen LogP contribution in [0.4, 0.5) is 11.4 Å². The minimum absolute atomic E-state index is 0.0138. The van der Waals surface area contributed by atoms with E-state index in [0.717, 1.165) is 59.0 Å². The molecule has 1 fully saturated rings. The zero-order valence-electron chi connectivity index (χ0n) is 20.0. The summed E-state index contributed by atoms with van der Waals surface area (Å²) in [5.74, 6) is -0.695. The number of hydrogen-bond donors (Lipinski definition) is 2. The molecule has 184 valence electrons. The summed E-state index contributed by atoms with van der Waals surface area (Å²) in [6, 6.07) is 10.5. The Bertz CT molecular complexity index is 1190. The standard InChI is InChI=1S/C26H29N3O4S2/c1-15(2)29(25(31)18-6-4-16(3)5-7-18)20-14-22(34-23(20)26(32)33)17-8-10-19(11-9-17)28-24(30)21-12-13-27-35-21/h8-16,18H,4-7H2,1-3H3,(H,28,30)(H,32,33). The van der Waals surface area contributed by atoms with Gasteiger partial charge >= 0.3 is 5.97 Å². The van der Waals surface area contributed by atoms with Crippen LogP contribution in [0.25, 0.3) is 10.4 Å². The normalized spacial score (nSPS) is 17.8. The van der Waals surface area contributed by atoms with Gasteiger partial charge in [0, 0.05) is 28.7 Å². The molecule has 7 nitrogen and oxygen atoms in total. The summed E-state index contributed by atoms with van der Waals surface area (Å²) in [6.45, 7) is 6.06. The smallest absolute Gasteiger partial charge is 0.348 e. The molecular weight excluding hydrogens is 482 g/mol. The first kappa shape index (κ1) is 25.1. The largest absolute Gasteiger partial charge is 0.477 e. The number of thiophene rings is 1. The van der Waals surface area contributed by atoms with Gasteiger partial charge in [-0.2, -0.15) is 0 Å². The molecule has 0 atom stereocenters. The molecule has 2 N–H and O–H groups in total. The van der Waals surface area contributed by atoms with Gasteiger partial charge in [0.1, 0.15) is 9.75 Å². The van der Waals surface area contributed by atoms with Crippen molar-refractivity contribution in [3.05, 3.63) is 52.3 Å². The quantitative estimate of drug-likeness (QED) is 0.383. The fraction of sp³-hybridized carbons (Fsp3) is 0.385. The fourth-order valence-corrected chi connectivity index (χ4v) is 5.94. The Hall–Kier alpha value is -3.04. The minimum atomic E-state index is -1.04. The lowest BCUT2D eigenvalue weighted by atomic mass is 9.82. The van der Waals surface area contributed by atoms with E-state index < -0.39 is 5.97 Å². The van der Waals surface area contributed by atoms with E-state index in [1.807, 2.05) is 32.0 Å². The van der Waals surface area contributed by atoms with E-state index in [2.05, 4.69) is 16.6 Å². The summed E-state index contributed by atoms with van der Waals surface area (Å²) in [5, 5.41) is 12.8. The lowest BCUT2D eigenvalue weighted by molar-refractivity contribution is -0.123. The van der Waals surface area contributed by atoms with Crippen LogP contribution in [0, 0.1) is 11.8 Å². The van der Waals surface area contributed by atoms with E-state index in [1.54, 1.807) is 29.3 Å². The van der Waals surface area contributed by atoms with Crippen molar-refractivity contribution in [1.82, 2.24) is 4.37 Å². The molecule has 0 saturated heterocycles. The van der Waals surface area contributed by atoms with E-state index in [0.29, 0.717) is 22.2 Å². The van der Waals surface area contributed by atoms with Crippen molar-refractivity contribution >= 4 is 52.0 Å². The second kappa shape index (κ2) is 10.7. The molecule has 0 aliphatic heterocycles. The SMILES string of the molecule is CC1CCC(C(=O)N(c2cc(-c3ccc(NC(=O)c4ccns4)cc3)sc2C(=O)O)C(C)C)CC1. The predicted molar refractivity (Wildman–Crippen MR) is 141 cm³/mol. The Balaban J connectivity index is 1.59. The molecule has 3 aromatic rings. The van der Waals surface area contributed by atoms with E-state index >= 15 is 0 Å². The third-order valence-electron chi connectivity index (χ3n) is 6.37. The van der Waals surface area contributed by atoms with Crippen LogP contribution < -0.4 is 10.2 Å². The summed E-state index contributed by atoms with van der Waals surface area (Å²) in [7, 11) is 0. The van der Waals surface area contributed by atoms with Crippen LogP contribution in [0.5, 0.6) is 0 Å². The first-order valence-electron chi connectivity index (χ1n) is 11.8. The van der Waals surface area contributed by atoms with Crippen LogP contribution in [0.2, 0.25) is 0 Å². The van der Waals surface area contributed by atoms with Gasteiger partial charge in [-0.25, -0.2) is 9.17 Å². The molecule has 1 aromatic carbocycles. The highest BCUT2D eigenvalue weighted by atomic mass is 32.1. The lowest BCUT2D eigenvalue weighted by Crippen LogP contribution is -2.42. The second-order valence-electron chi connectivity index (χ2n) is 9.30. The predicted octanol–water partition coefficient (Wildman–Crippen LogP) is 6.39. The molecule has 0 radical (unpaired) electrons. The number of nitrogens with one attached hydrogen (secondary N) is 1. The number of nitrogens with zero attached hydrogens (tertiary/aromatic N) is 2. The Labute approximate surface area is 213 Å². The fourth-order valence-electron chi connectivity index (χ4n) is 4.45. The molecule has 2 heterocycles. The van der Waals surface area contributed by atoms with Crippen LogP contribution in [0.3, 0.4) is 0 Å². The number of amides is 2. The number of hydrogen-bond acceptors (Lipinski definition) is 6. The number of carbonyl (C=O) groups excluding carboxylic acids is 2. The number of benzene rings is 1. The van der Waals surface area contributed by atoms with Gasteiger partial charge in [0.05, 0.1) is 5.69 Å². The summed E-state index contributed by atoms with van der Waals surface area (Å²) in [5.41, 5.74) is 1.91. The van der Waals surface area contributed by atoms with Gasteiger partial charge in [0.15, 0.2) is 0 Å². The average Bonchev–Trinajstić information content (AvgIpc) is 3.51. The average molecular weight is 512 g/mol. The monoisotopic (exact) mass is 511 g/mol. The van der Waals surface area contributed by atoms with Crippen molar-refractivity contribution < 1.29 is 19.5 Å². The molecule has 2 amide bonds. The van der Waals surface area contributed by atoms with Crippen LogP contribution in [0.1, 0.15) is 65.8 Å². The molecule has 1 aliphatic carbocycles. The number of aromatic nitrogens is 1. The zero-order chi connectivity index (χ0) is 25.1. The van der Waals surface area contributed by atoms with Crippen LogP contribution in [-0.2, 0) is 4.79 Å². The molecule has 0 unspecified atom stereocenters. The van der Waals surface area contributed by atoms with Crippen molar-refractivity contribution in [3.8, 4) is 10.4 Å². The van der Waals surface area contributed by atoms with Gasteiger partial charge in [-0.15, -0.1) is 11.3 Å². The van der Waals surface area contributed by atoms with E-state index in [1.165, 1.54) is 0 Å². The van der Waals surface area contributed by atoms with E-state index in [4.69, 9.17) is 0 Å². The Morgan fingerprint density at radius 3 is 2.34 bits per heavy atom. The Morgan fingerprint density at radius 2 is 1.77 bits per heavy atom. The number of anilines is 2. The highest BCUT2D eigenvalue weighted by Gasteiger charge is 2.33. The molecule has 0 bridgehead atoms. The lowest BCUT2D eigenvalue weighted by Gasteiger charge is -2.33. The van der Waals surface area contributed by atoms with Crippen molar-refractivity contribution in [2.24, 2.45) is 11.8 Å². The molecule has 1 aliphatic rings. The van der Waals surface area contributed by atoms with Gasteiger partial charge in [-0.1, -0.05) is 19.1 Å². The topological polar surface area (TPSA) is 99.6 Å². The highest BCUT2D eigenvalue weighted by Crippen LogP contribution is 2.40. The maximum atomic E-state index is 13.5.